The number of primary amides is 1. The van der Waals surface area contributed by atoms with Gasteiger partial charge in [0.25, 0.3) is 11.8 Å². The van der Waals surface area contributed by atoms with Crippen molar-refractivity contribution < 1.29 is 14.5 Å². The van der Waals surface area contributed by atoms with E-state index in [2.05, 4.69) is 19.2 Å². The second kappa shape index (κ2) is 8.24. The number of quaternary nitrogens is 1. The lowest BCUT2D eigenvalue weighted by molar-refractivity contribution is -0.913. The zero-order chi connectivity index (χ0) is 18.7. The van der Waals surface area contributed by atoms with Crippen LogP contribution in [0.5, 0.6) is 0 Å². The number of likely N-dealkylation sites (N-methyl/N-ethyl adjacent to an activating group) is 1. The van der Waals surface area contributed by atoms with E-state index >= 15 is 0 Å². The van der Waals surface area contributed by atoms with Crippen molar-refractivity contribution in [3.05, 3.63) is 45.8 Å². The SMILES string of the molecule is CCSc1cccc(C(=O)Nc2sc3c(c2C(N)=O)CC[NH+](CC)C3)c1. The number of benzene rings is 1. The lowest BCUT2D eigenvalue weighted by Crippen LogP contribution is -3.11. The average Bonchev–Trinajstić information content (AvgIpc) is 2.99. The van der Waals surface area contributed by atoms with Crippen LogP contribution in [0.25, 0.3) is 0 Å². The minimum Gasteiger partial charge on any atom is -0.365 e. The van der Waals surface area contributed by atoms with Crippen LogP contribution in [0.15, 0.2) is 29.2 Å². The lowest BCUT2D eigenvalue weighted by Gasteiger charge is -2.22. The van der Waals surface area contributed by atoms with Crippen LogP contribution in [0.1, 0.15) is 45.0 Å². The van der Waals surface area contributed by atoms with Gasteiger partial charge in [-0.1, -0.05) is 13.0 Å². The van der Waals surface area contributed by atoms with E-state index in [0.717, 1.165) is 47.1 Å². The third-order valence-corrected chi connectivity index (χ3v) is 6.63. The first kappa shape index (κ1) is 18.9. The number of carbonyl (C=O) groups excluding carboxylic acids is 2. The third kappa shape index (κ3) is 3.95. The Morgan fingerprint density at radius 2 is 2.15 bits per heavy atom. The van der Waals surface area contributed by atoms with Crippen molar-refractivity contribution in [3.63, 3.8) is 0 Å². The number of anilines is 1. The van der Waals surface area contributed by atoms with E-state index in [9.17, 15) is 9.59 Å². The molecule has 0 saturated heterocycles. The Labute approximate surface area is 162 Å². The van der Waals surface area contributed by atoms with Gasteiger partial charge in [0.1, 0.15) is 11.5 Å². The highest BCUT2D eigenvalue weighted by molar-refractivity contribution is 7.99. The van der Waals surface area contributed by atoms with Gasteiger partial charge in [0.2, 0.25) is 0 Å². The van der Waals surface area contributed by atoms with Crippen molar-refractivity contribution in [2.75, 3.05) is 24.2 Å². The summed E-state index contributed by atoms with van der Waals surface area (Å²) in [6.07, 6.45) is 0.825. The molecular formula is C19H24N3O2S2+. The highest BCUT2D eigenvalue weighted by atomic mass is 32.2. The van der Waals surface area contributed by atoms with E-state index in [4.69, 9.17) is 5.73 Å². The van der Waals surface area contributed by atoms with Crippen LogP contribution in [0.4, 0.5) is 5.00 Å². The first-order valence-corrected chi connectivity index (χ1v) is 10.7. The molecule has 2 aromatic rings. The van der Waals surface area contributed by atoms with E-state index in [1.165, 1.54) is 16.2 Å². The van der Waals surface area contributed by atoms with Crippen molar-refractivity contribution >= 4 is 39.9 Å². The zero-order valence-corrected chi connectivity index (χ0v) is 16.7. The number of hydrogen-bond acceptors (Lipinski definition) is 4. The predicted molar refractivity (Wildman–Crippen MR) is 107 cm³/mol. The van der Waals surface area contributed by atoms with Gasteiger partial charge in [-0.05, 0) is 36.4 Å². The maximum absolute atomic E-state index is 12.7. The summed E-state index contributed by atoms with van der Waals surface area (Å²) in [5, 5.41) is 3.51. The van der Waals surface area contributed by atoms with Crippen LogP contribution in [0.2, 0.25) is 0 Å². The normalized spacial score (nSPS) is 16.2. The molecule has 1 aliphatic rings. The number of nitrogens with one attached hydrogen (secondary N) is 2. The molecule has 26 heavy (non-hydrogen) atoms. The Kier molecular flexibility index (Phi) is 6.01. The fraction of sp³-hybridized carbons (Fsp3) is 0.368. The lowest BCUT2D eigenvalue weighted by atomic mass is 10.0. The van der Waals surface area contributed by atoms with Gasteiger partial charge < -0.3 is 16.0 Å². The maximum atomic E-state index is 12.7. The summed E-state index contributed by atoms with van der Waals surface area (Å²) in [4.78, 5) is 28.4. The van der Waals surface area contributed by atoms with E-state index in [1.54, 1.807) is 17.8 Å². The fourth-order valence-corrected chi connectivity index (χ4v) is 5.29. The molecule has 0 bridgehead atoms. The monoisotopic (exact) mass is 390 g/mol. The summed E-state index contributed by atoms with van der Waals surface area (Å²) in [6.45, 7) is 7.16. The minimum atomic E-state index is -0.465. The molecule has 1 aromatic carbocycles. The van der Waals surface area contributed by atoms with E-state index < -0.39 is 5.91 Å². The predicted octanol–water partition coefficient (Wildman–Crippen LogP) is 2.17. The second-order valence-electron chi connectivity index (χ2n) is 6.27. The third-order valence-electron chi connectivity index (χ3n) is 4.61. The van der Waals surface area contributed by atoms with Crippen LogP contribution in [0.3, 0.4) is 0 Å². The summed E-state index contributed by atoms with van der Waals surface area (Å²) in [5.74, 6) is 0.280. The van der Waals surface area contributed by atoms with Crippen molar-refractivity contribution in [3.8, 4) is 0 Å². The summed E-state index contributed by atoms with van der Waals surface area (Å²) in [7, 11) is 0. The highest BCUT2D eigenvalue weighted by Gasteiger charge is 2.29. The van der Waals surface area contributed by atoms with Gasteiger partial charge in [0.05, 0.1) is 23.5 Å². The molecule has 0 spiro atoms. The Hall–Kier alpha value is -1.83. The molecule has 0 saturated carbocycles. The van der Waals surface area contributed by atoms with Crippen LogP contribution in [-0.2, 0) is 13.0 Å². The number of nitrogens with two attached hydrogens (primary N) is 1. The van der Waals surface area contributed by atoms with Crippen LogP contribution in [-0.4, -0.2) is 30.7 Å². The molecule has 4 N–H and O–H groups in total. The first-order valence-electron chi connectivity index (χ1n) is 8.85. The van der Waals surface area contributed by atoms with Gasteiger partial charge in [-0.15, -0.1) is 23.1 Å². The smallest absolute Gasteiger partial charge is 0.256 e. The molecule has 0 fully saturated rings. The van der Waals surface area contributed by atoms with Gasteiger partial charge in [-0.25, -0.2) is 0 Å². The molecule has 1 aromatic heterocycles. The second-order valence-corrected chi connectivity index (χ2v) is 8.71. The standard InChI is InChI=1S/C19H23N3O2S2/c1-3-22-9-8-14-15(11-22)26-19(16(14)17(20)23)21-18(24)12-6-5-7-13(10-12)25-4-2/h5-7,10H,3-4,8-9,11H2,1-2H3,(H2,20,23)(H,21,24)/p+1. The molecule has 0 radical (unpaired) electrons. The number of fused-ring (bicyclic) bond motifs is 1. The molecule has 2 amide bonds. The quantitative estimate of drug-likeness (QED) is 0.662. The topological polar surface area (TPSA) is 76.6 Å². The van der Waals surface area contributed by atoms with Gasteiger partial charge in [0, 0.05) is 16.9 Å². The molecular weight excluding hydrogens is 366 g/mol. The van der Waals surface area contributed by atoms with E-state index in [1.807, 2.05) is 18.2 Å². The van der Waals surface area contributed by atoms with E-state index in [-0.39, 0.29) is 5.91 Å². The molecule has 1 aliphatic heterocycles. The Morgan fingerprint density at radius 3 is 2.85 bits per heavy atom. The van der Waals surface area contributed by atoms with E-state index in [0.29, 0.717) is 16.1 Å². The highest BCUT2D eigenvalue weighted by Crippen LogP contribution is 2.34. The molecule has 2 heterocycles. The number of amides is 2. The molecule has 7 heteroatoms. The molecule has 1 atom stereocenters. The van der Waals surface area contributed by atoms with Gasteiger partial charge in [-0.3, -0.25) is 9.59 Å². The molecule has 3 rings (SSSR count). The number of hydrogen-bond donors (Lipinski definition) is 3. The molecule has 1 unspecified atom stereocenters. The zero-order valence-electron chi connectivity index (χ0n) is 15.1. The first-order chi connectivity index (χ1) is 12.5. The number of rotatable bonds is 6. The van der Waals surface area contributed by atoms with Gasteiger partial charge in [-0.2, -0.15) is 0 Å². The van der Waals surface area contributed by atoms with Crippen LogP contribution in [0, 0.1) is 0 Å². The van der Waals surface area contributed by atoms with Crippen molar-refractivity contribution in [2.24, 2.45) is 5.73 Å². The van der Waals surface area contributed by atoms with Crippen LogP contribution >= 0.6 is 23.1 Å². The summed E-state index contributed by atoms with van der Waals surface area (Å²) in [6, 6.07) is 7.54. The van der Waals surface area contributed by atoms with Gasteiger partial charge >= 0.3 is 0 Å². The molecule has 5 nitrogen and oxygen atoms in total. The van der Waals surface area contributed by atoms with Crippen molar-refractivity contribution in [2.45, 2.75) is 31.7 Å². The molecule has 0 aliphatic carbocycles. The number of thioether (sulfide) groups is 1. The number of carbonyl (C=O) groups is 2. The fourth-order valence-electron chi connectivity index (χ4n) is 3.26. The van der Waals surface area contributed by atoms with Crippen molar-refractivity contribution in [1.29, 1.82) is 0 Å². The average molecular weight is 391 g/mol. The summed E-state index contributed by atoms with van der Waals surface area (Å²) >= 11 is 3.18. The maximum Gasteiger partial charge on any atom is 0.256 e. The van der Waals surface area contributed by atoms with Gasteiger partial charge in [0.15, 0.2) is 0 Å². The largest absolute Gasteiger partial charge is 0.365 e. The Balaban J connectivity index is 1.87. The Bertz CT molecular complexity index is 832. The minimum absolute atomic E-state index is 0.204. The van der Waals surface area contributed by atoms with Crippen LogP contribution < -0.4 is 16.0 Å². The number of thiophene rings is 1. The summed E-state index contributed by atoms with van der Waals surface area (Å²) < 4.78 is 0. The Morgan fingerprint density at radius 1 is 1.35 bits per heavy atom. The molecule has 138 valence electrons. The summed E-state index contributed by atoms with van der Waals surface area (Å²) in [5.41, 5.74) is 7.74. The van der Waals surface area contributed by atoms with Crippen molar-refractivity contribution in [1.82, 2.24) is 0 Å².